The first-order valence-corrected chi connectivity index (χ1v) is 12.2. The van der Waals surface area contributed by atoms with Gasteiger partial charge in [-0.1, -0.05) is 12.1 Å². The van der Waals surface area contributed by atoms with E-state index in [2.05, 4.69) is 16.4 Å². The Hall–Kier alpha value is -2.29. The van der Waals surface area contributed by atoms with Crippen molar-refractivity contribution >= 4 is 43.2 Å². The normalized spacial score (nSPS) is 15.0. The fourth-order valence-electron chi connectivity index (χ4n) is 3.43. The van der Waals surface area contributed by atoms with Crippen LogP contribution in [0.1, 0.15) is 25.7 Å². The van der Waals surface area contributed by atoms with Crippen LogP contribution in [0.2, 0.25) is 0 Å². The van der Waals surface area contributed by atoms with Crippen molar-refractivity contribution in [3.8, 4) is 10.6 Å². The molecule has 6 nitrogen and oxygen atoms in total. The molecule has 1 aliphatic heterocycles. The minimum absolute atomic E-state index is 0.0248. The van der Waals surface area contributed by atoms with Crippen molar-refractivity contribution in [3.63, 3.8) is 0 Å². The third-order valence-corrected chi connectivity index (χ3v) is 8.02. The average molecular weight is 430 g/mol. The van der Waals surface area contributed by atoms with Gasteiger partial charge in [0.1, 0.15) is 5.01 Å². The Morgan fingerprint density at radius 3 is 2.52 bits per heavy atom. The number of anilines is 1. The van der Waals surface area contributed by atoms with Crippen molar-refractivity contribution in [1.82, 2.24) is 9.29 Å². The molecule has 8 heteroatoms. The molecule has 0 radical (unpaired) electrons. The number of fused-ring (bicyclic) bond motifs is 1. The Morgan fingerprint density at radius 1 is 1.07 bits per heavy atom. The van der Waals surface area contributed by atoms with Gasteiger partial charge < -0.3 is 5.32 Å². The molecule has 2 aromatic carbocycles. The standard InChI is InChI=1S/C21H23N3O3S2/c25-20(8-5-15-29(26,27)24-13-3-4-14-24)22-17-11-9-16(10-12-17)21-23-18-6-1-2-7-19(18)28-21/h1-2,6-7,9-12H,3-5,8,13-15H2,(H,22,25). The third-order valence-electron chi connectivity index (χ3n) is 4.97. The van der Waals surface area contributed by atoms with Crippen LogP contribution in [0.3, 0.4) is 0 Å². The molecule has 1 fully saturated rings. The van der Waals surface area contributed by atoms with Gasteiger partial charge in [0.2, 0.25) is 15.9 Å². The Balaban J connectivity index is 1.30. The van der Waals surface area contributed by atoms with Gasteiger partial charge in [-0.15, -0.1) is 11.3 Å². The molecule has 4 rings (SSSR count). The van der Waals surface area contributed by atoms with E-state index in [0.717, 1.165) is 33.6 Å². The van der Waals surface area contributed by atoms with E-state index in [9.17, 15) is 13.2 Å². The molecule has 29 heavy (non-hydrogen) atoms. The highest BCUT2D eigenvalue weighted by atomic mass is 32.2. The third kappa shape index (κ3) is 4.83. The first kappa shape index (κ1) is 20.0. The Kier molecular flexibility index (Phi) is 5.94. The molecule has 1 aliphatic rings. The lowest BCUT2D eigenvalue weighted by atomic mass is 10.2. The van der Waals surface area contributed by atoms with Gasteiger partial charge in [0.05, 0.1) is 16.0 Å². The van der Waals surface area contributed by atoms with Crippen molar-refractivity contribution in [1.29, 1.82) is 0 Å². The maximum Gasteiger partial charge on any atom is 0.224 e. The summed E-state index contributed by atoms with van der Waals surface area (Å²) < 4.78 is 27.1. The Labute approximate surface area is 174 Å². The van der Waals surface area contributed by atoms with E-state index in [1.807, 2.05) is 42.5 Å². The lowest BCUT2D eigenvalue weighted by Crippen LogP contribution is -2.30. The second-order valence-corrected chi connectivity index (χ2v) is 10.3. The van der Waals surface area contributed by atoms with Crippen LogP contribution in [0.15, 0.2) is 48.5 Å². The number of thiazole rings is 1. The lowest BCUT2D eigenvalue weighted by molar-refractivity contribution is -0.116. The molecule has 0 saturated carbocycles. The molecule has 0 bridgehead atoms. The monoisotopic (exact) mass is 429 g/mol. The SMILES string of the molecule is O=C(CCCS(=O)(=O)N1CCCC1)Nc1ccc(-c2nc3ccccc3s2)cc1. The second kappa shape index (κ2) is 8.61. The number of carbonyl (C=O) groups excluding carboxylic acids is 1. The minimum atomic E-state index is -3.23. The van der Waals surface area contributed by atoms with Crippen molar-refractivity contribution in [3.05, 3.63) is 48.5 Å². The van der Waals surface area contributed by atoms with Crippen molar-refractivity contribution in [2.75, 3.05) is 24.2 Å². The summed E-state index contributed by atoms with van der Waals surface area (Å²) in [5.74, 6) is -0.147. The molecule has 1 N–H and O–H groups in total. The van der Waals surface area contributed by atoms with Crippen molar-refractivity contribution < 1.29 is 13.2 Å². The number of amides is 1. The highest BCUT2D eigenvalue weighted by molar-refractivity contribution is 7.89. The summed E-state index contributed by atoms with van der Waals surface area (Å²) in [6, 6.07) is 15.6. The number of rotatable bonds is 7. The molecule has 0 atom stereocenters. The molecular weight excluding hydrogens is 406 g/mol. The highest BCUT2D eigenvalue weighted by Crippen LogP contribution is 2.30. The largest absolute Gasteiger partial charge is 0.326 e. The van der Waals surface area contributed by atoms with E-state index in [0.29, 0.717) is 25.2 Å². The number of hydrogen-bond donors (Lipinski definition) is 1. The van der Waals surface area contributed by atoms with Crippen LogP contribution in [-0.4, -0.2) is 42.5 Å². The maximum absolute atomic E-state index is 12.2. The maximum atomic E-state index is 12.2. The zero-order chi connectivity index (χ0) is 20.3. The molecule has 0 unspecified atom stereocenters. The topological polar surface area (TPSA) is 79.4 Å². The molecule has 0 spiro atoms. The van der Waals surface area contributed by atoms with Crippen LogP contribution < -0.4 is 5.32 Å². The zero-order valence-corrected chi connectivity index (χ0v) is 17.6. The molecule has 1 amide bonds. The van der Waals surface area contributed by atoms with Crippen LogP contribution in [0.25, 0.3) is 20.8 Å². The second-order valence-electron chi connectivity index (χ2n) is 7.14. The molecule has 0 aliphatic carbocycles. The van der Waals surface area contributed by atoms with Gasteiger partial charge in [-0.25, -0.2) is 17.7 Å². The minimum Gasteiger partial charge on any atom is -0.326 e. The number of carbonyl (C=O) groups is 1. The number of nitrogens with zero attached hydrogens (tertiary/aromatic N) is 2. The summed E-state index contributed by atoms with van der Waals surface area (Å²) in [6.45, 7) is 1.21. The van der Waals surface area contributed by atoms with E-state index in [1.54, 1.807) is 11.3 Å². The number of nitrogens with one attached hydrogen (secondary N) is 1. The molecule has 3 aromatic rings. The lowest BCUT2D eigenvalue weighted by Gasteiger charge is -2.15. The molecule has 152 valence electrons. The highest BCUT2D eigenvalue weighted by Gasteiger charge is 2.24. The summed E-state index contributed by atoms with van der Waals surface area (Å²) in [4.78, 5) is 16.8. The number of hydrogen-bond acceptors (Lipinski definition) is 5. The molecule has 2 heterocycles. The van der Waals surface area contributed by atoms with E-state index in [4.69, 9.17) is 0 Å². The van der Waals surface area contributed by atoms with E-state index >= 15 is 0 Å². The van der Waals surface area contributed by atoms with E-state index in [1.165, 1.54) is 4.31 Å². The number of aromatic nitrogens is 1. The van der Waals surface area contributed by atoms with Crippen molar-refractivity contribution in [2.45, 2.75) is 25.7 Å². The summed E-state index contributed by atoms with van der Waals surface area (Å²) in [5, 5.41) is 3.78. The quantitative estimate of drug-likeness (QED) is 0.613. The fourth-order valence-corrected chi connectivity index (χ4v) is 5.98. The van der Waals surface area contributed by atoms with Crippen LogP contribution >= 0.6 is 11.3 Å². The zero-order valence-electron chi connectivity index (χ0n) is 16.0. The Morgan fingerprint density at radius 2 is 1.79 bits per heavy atom. The smallest absolute Gasteiger partial charge is 0.224 e. The van der Waals surface area contributed by atoms with Gasteiger partial charge in [0.15, 0.2) is 0 Å². The van der Waals surface area contributed by atoms with E-state index < -0.39 is 10.0 Å². The molecule has 1 aromatic heterocycles. The molecular formula is C21H23N3O3S2. The number of sulfonamides is 1. The average Bonchev–Trinajstić information content (AvgIpc) is 3.39. The first-order chi connectivity index (χ1) is 14.0. The molecule has 1 saturated heterocycles. The van der Waals surface area contributed by atoms with E-state index in [-0.39, 0.29) is 18.1 Å². The van der Waals surface area contributed by atoms with Crippen LogP contribution in [-0.2, 0) is 14.8 Å². The van der Waals surface area contributed by atoms with Gasteiger partial charge in [-0.2, -0.15) is 0 Å². The van der Waals surface area contributed by atoms with Gasteiger partial charge in [0.25, 0.3) is 0 Å². The van der Waals surface area contributed by atoms with Crippen LogP contribution in [0.4, 0.5) is 5.69 Å². The summed E-state index contributed by atoms with van der Waals surface area (Å²) in [5.41, 5.74) is 2.68. The fraction of sp³-hybridized carbons (Fsp3) is 0.333. The van der Waals surface area contributed by atoms with Gasteiger partial charge in [-0.05, 0) is 55.7 Å². The van der Waals surface area contributed by atoms with Crippen LogP contribution in [0, 0.1) is 0 Å². The summed E-state index contributed by atoms with van der Waals surface area (Å²) >= 11 is 1.63. The predicted octanol–water partition coefficient (Wildman–Crippen LogP) is 4.11. The van der Waals surface area contributed by atoms with Gasteiger partial charge in [0, 0.05) is 30.8 Å². The summed E-state index contributed by atoms with van der Waals surface area (Å²) in [7, 11) is -3.23. The van der Waals surface area contributed by atoms with Gasteiger partial charge in [-0.3, -0.25) is 4.79 Å². The Bertz CT molecular complexity index is 1070. The van der Waals surface area contributed by atoms with Crippen molar-refractivity contribution in [2.24, 2.45) is 0 Å². The van der Waals surface area contributed by atoms with Crippen LogP contribution in [0.5, 0.6) is 0 Å². The predicted molar refractivity (Wildman–Crippen MR) is 118 cm³/mol. The number of benzene rings is 2. The number of para-hydroxylation sites is 1. The summed E-state index contributed by atoms with van der Waals surface area (Å²) in [6.07, 6.45) is 2.36. The first-order valence-electron chi connectivity index (χ1n) is 9.75. The van der Waals surface area contributed by atoms with Gasteiger partial charge >= 0.3 is 0 Å².